The lowest BCUT2D eigenvalue weighted by molar-refractivity contribution is 0.669. The summed E-state index contributed by atoms with van der Waals surface area (Å²) in [5.74, 6) is 0.311. The van der Waals surface area contributed by atoms with Crippen LogP contribution in [0.2, 0.25) is 0 Å². The van der Waals surface area contributed by atoms with E-state index in [0.717, 1.165) is 90.0 Å². The monoisotopic (exact) mass is 940 g/mol. The normalized spacial score (nSPS) is 13.3. The fraction of sp³-hybridized carbons (Fsp3) is 0.0303. The highest BCUT2D eigenvalue weighted by molar-refractivity contribution is 7.00. The van der Waals surface area contributed by atoms with Gasteiger partial charge >= 0.3 is 0 Å². The number of rotatable bonds is 9. The van der Waals surface area contributed by atoms with Crippen molar-refractivity contribution in [3.05, 3.63) is 259 Å². The van der Waals surface area contributed by atoms with E-state index in [-0.39, 0.29) is 0 Å². The molecule has 1 aliphatic carbocycles. The minimum Gasteiger partial charge on any atom is -0.456 e. The highest BCUT2D eigenvalue weighted by atomic mass is 32.1. The second kappa shape index (κ2) is 17.4. The van der Waals surface area contributed by atoms with Gasteiger partial charge in [-0.2, -0.15) is 8.75 Å². The predicted molar refractivity (Wildman–Crippen MR) is 300 cm³/mol. The van der Waals surface area contributed by atoms with Crippen molar-refractivity contribution in [3.63, 3.8) is 0 Å². The van der Waals surface area contributed by atoms with Crippen LogP contribution in [0.15, 0.2) is 247 Å². The van der Waals surface area contributed by atoms with E-state index in [1.165, 1.54) is 56.1 Å². The van der Waals surface area contributed by atoms with Gasteiger partial charge in [-0.1, -0.05) is 164 Å². The summed E-state index contributed by atoms with van der Waals surface area (Å²) in [5, 5.41) is 3.55. The molecule has 0 bridgehead atoms. The van der Waals surface area contributed by atoms with Crippen LogP contribution in [0.3, 0.4) is 0 Å². The molecule has 72 heavy (non-hydrogen) atoms. The smallest absolute Gasteiger partial charge is 0.136 e. The first-order chi connectivity index (χ1) is 35.7. The number of para-hydroxylation sites is 1. The van der Waals surface area contributed by atoms with E-state index in [4.69, 9.17) is 13.2 Å². The molecule has 3 heterocycles. The van der Waals surface area contributed by atoms with Crippen LogP contribution >= 0.6 is 11.7 Å². The average Bonchev–Trinajstić information content (AvgIpc) is 4.19. The summed E-state index contributed by atoms with van der Waals surface area (Å²) in [7, 11) is 0. The minimum atomic E-state index is 0.311. The summed E-state index contributed by atoms with van der Waals surface area (Å²) in [6.07, 6.45) is 5.66. The van der Waals surface area contributed by atoms with Crippen LogP contribution in [0, 0.1) is 0 Å². The molecule has 0 saturated heterocycles. The summed E-state index contributed by atoms with van der Waals surface area (Å²) in [6.45, 7) is 0. The zero-order chi connectivity index (χ0) is 47.5. The summed E-state index contributed by atoms with van der Waals surface area (Å²) in [6, 6.07) is 84.8. The Balaban J connectivity index is 0.835. The third-order valence-electron chi connectivity index (χ3n) is 14.5. The zero-order valence-electron chi connectivity index (χ0n) is 39.1. The molecule has 3 aromatic heterocycles. The number of benzene rings is 10. The van der Waals surface area contributed by atoms with Gasteiger partial charge in [0.2, 0.25) is 0 Å². The summed E-state index contributed by atoms with van der Waals surface area (Å²) in [4.78, 5) is 2.30. The van der Waals surface area contributed by atoms with Crippen LogP contribution in [0.25, 0.3) is 100 Å². The molecule has 0 radical (unpaired) electrons. The second-order valence-corrected chi connectivity index (χ2v) is 19.2. The molecule has 10 aromatic carbocycles. The van der Waals surface area contributed by atoms with E-state index in [1.54, 1.807) is 0 Å². The topological polar surface area (TPSA) is 47.1 Å². The molecule has 5 nitrogen and oxygen atoms in total. The average molecular weight is 941 g/mol. The Morgan fingerprint density at radius 3 is 1.76 bits per heavy atom. The van der Waals surface area contributed by atoms with Crippen molar-refractivity contribution in [1.29, 1.82) is 0 Å². The molecule has 1 unspecified atom stereocenters. The Labute approximate surface area is 421 Å². The fourth-order valence-electron chi connectivity index (χ4n) is 10.9. The van der Waals surface area contributed by atoms with Crippen molar-refractivity contribution in [1.82, 2.24) is 13.3 Å². The fourth-order valence-corrected chi connectivity index (χ4v) is 11.5. The van der Waals surface area contributed by atoms with E-state index < -0.39 is 0 Å². The first-order valence-corrected chi connectivity index (χ1v) is 25.2. The van der Waals surface area contributed by atoms with Crippen molar-refractivity contribution in [2.45, 2.75) is 12.3 Å². The Morgan fingerprint density at radius 2 is 1.03 bits per heavy atom. The van der Waals surface area contributed by atoms with E-state index in [0.29, 0.717) is 5.92 Å². The predicted octanol–water partition coefficient (Wildman–Crippen LogP) is 18.0. The van der Waals surface area contributed by atoms with Crippen LogP contribution in [0.4, 0.5) is 17.1 Å². The summed E-state index contributed by atoms with van der Waals surface area (Å²) < 4.78 is 18.7. The van der Waals surface area contributed by atoms with Gasteiger partial charge in [-0.25, -0.2) is 0 Å². The van der Waals surface area contributed by atoms with Gasteiger partial charge in [0.25, 0.3) is 0 Å². The van der Waals surface area contributed by atoms with Gasteiger partial charge in [0.05, 0.1) is 22.9 Å². The highest BCUT2D eigenvalue weighted by Gasteiger charge is 2.25. The molecule has 14 rings (SSSR count). The molecule has 1 atom stereocenters. The zero-order valence-corrected chi connectivity index (χ0v) is 39.9. The maximum absolute atomic E-state index is 6.28. The number of fused-ring (bicyclic) bond motifs is 7. The Hall–Kier alpha value is -9.10. The van der Waals surface area contributed by atoms with Gasteiger partial charge in [0.15, 0.2) is 0 Å². The van der Waals surface area contributed by atoms with Crippen LogP contribution < -0.4 is 4.90 Å². The SMILES string of the molecule is C1=CC(c2ccccc2)Cc2c1n(-c1ccc(-c3ccc(N(c4ccc(-c5ccccc5)cc4)c4ccc(-c5ccc6c(c5)oc5ccccc56)cc4)c4nsnc34)cc1)c1ccc(-c3ccccc3)cc21. The lowest BCUT2D eigenvalue weighted by atomic mass is 9.86. The number of hydrogen-bond acceptors (Lipinski definition) is 5. The molecule has 0 N–H and O–H groups in total. The number of hydrogen-bond donors (Lipinski definition) is 0. The van der Waals surface area contributed by atoms with Gasteiger partial charge in [-0.3, -0.25) is 0 Å². The van der Waals surface area contributed by atoms with Gasteiger partial charge in [0.1, 0.15) is 22.2 Å². The Kier molecular flexibility index (Phi) is 10.1. The van der Waals surface area contributed by atoms with Crippen LogP contribution in [0.1, 0.15) is 22.7 Å². The van der Waals surface area contributed by atoms with E-state index in [1.807, 2.05) is 12.1 Å². The highest BCUT2D eigenvalue weighted by Crippen LogP contribution is 2.44. The van der Waals surface area contributed by atoms with E-state index >= 15 is 0 Å². The number of allylic oxidation sites excluding steroid dienone is 1. The standard InChI is InChI=1S/C66H44N4OS/c1-4-12-43(13-5-1)46-20-29-52(30-21-46)69(53-31-22-47(23-32-53)51-26-35-57-56-18-10-11-19-63(56)71-64(57)42-51)62-39-36-55(65-66(62)68-72-67-65)48-24-33-54(34-25-48)70-60-37-27-49(44-14-6-2-7-15-44)40-58(60)59-41-50(28-38-61(59)70)45-16-8-3-9-17-45/h1-40,42,50H,41H2. The molecular formula is C66H44N4OS. The molecule has 0 fully saturated rings. The molecular weight excluding hydrogens is 897 g/mol. The number of nitrogens with zero attached hydrogens (tertiary/aromatic N) is 4. The van der Waals surface area contributed by atoms with Crippen LogP contribution in [-0.2, 0) is 6.42 Å². The van der Waals surface area contributed by atoms with Gasteiger partial charge in [-0.15, -0.1) is 0 Å². The molecule has 0 saturated carbocycles. The largest absolute Gasteiger partial charge is 0.456 e. The molecule has 6 heteroatoms. The second-order valence-electron chi connectivity index (χ2n) is 18.6. The molecule has 0 spiro atoms. The third-order valence-corrected chi connectivity index (χ3v) is 15.0. The van der Waals surface area contributed by atoms with Gasteiger partial charge < -0.3 is 13.9 Å². The summed E-state index contributed by atoms with van der Waals surface area (Å²) >= 11 is 1.25. The van der Waals surface area contributed by atoms with Crippen LogP contribution in [-0.4, -0.2) is 13.3 Å². The first-order valence-electron chi connectivity index (χ1n) is 24.5. The maximum Gasteiger partial charge on any atom is 0.136 e. The molecule has 0 amide bonds. The van der Waals surface area contributed by atoms with Gasteiger partial charge in [0, 0.05) is 50.4 Å². The Morgan fingerprint density at radius 1 is 0.458 bits per heavy atom. The number of anilines is 3. The number of aromatic nitrogens is 3. The quantitative estimate of drug-likeness (QED) is 0.145. The van der Waals surface area contributed by atoms with E-state index in [9.17, 15) is 0 Å². The van der Waals surface area contributed by atoms with Crippen molar-refractivity contribution in [2.24, 2.45) is 0 Å². The molecule has 13 aromatic rings. The lowest BCUT2D eigenvalue weighted by Gasteiger charge is -2.26. The number of furan rings is 1. The molecule has 340 valence electrons. The molecule has 0 aliphatic heterocycles. The van der Waals surface area contributed by atoms with E-state index in [2.05, 4.69) is 246 Å². The Bertz CT molecular complexity index is 4160. The molecule has 1 aliphatic rings. The van der Waals surface area contributed by atoms with Gasteiger partial charge in [-0.05, 0) is 141 Å². The van der Waals surface area contributed by atoms with Crippen molar-refractivity contribution in [3.8, 4) is 50.2 Å². The van der Waals surface area contributed by atoms with Crippen molar-refractivity contribution in [2.75, 3.05) is 4.90 Å². The van der Waals surface area contributed by atoms with Crippen molar-refractivity contribution >= 4 is 78.7 Å². The van der Waals surface area contributed by atoms with Crippen molar-refractivity contribution < 1.29 is 4.42 Å². The van der Waals surface area contributed by atoms with Crippen LogP contribution in [0.5, 0.6) is 0 Å². The lowest BCUT2D eigenvalue weighted by Crippen LogP contribution is -2.10. The summed E-state index contributed by atoms with van der Waals surface area (Å²) in [5.41, 5.74) is 21.9. The maximum atomic E-state index is 6.28. The minimum absolute atomic E-state index is 0.311. The first kappa shape index (κ1) is 41.8. The third kappa shape index (κ3) is 7.23.